The van der Waals surface area contributed by atoms with E-state index >= 15 is 0 Å². The van der Waals surface area contributed by atoms with Gasteiger partial charge in [0.25, 0.3) is 23.6 Å². The van der Waals surface area contributed by atoms with Gasteiger partial charge in [-0.05, 0) is 174 Å². The van der Waals surface area contributed by atoms with Gasteiger partial charge in [-0.2, -0.15) is 31.1 Å². The van der Waals surface area contributed by atoms with Crippen molar-refractivity contribution in [1.29, 1.82) is 15.8 Å². The molecule has 25 nitrogen and oxygen atoms in total. The second kappa shape index (κ2) is 28.6. The second-order valence-electron chi connectivity index (χ2n) is 21.9. The van der Waals surface area contributed by atoms with Crippen molar-refractivity contribution < 1.29 is 37.0 Å². The number of anilines is 3. The van der Waals surface area contributed by atoms with Crippen molar-refractivity contribution in [3.63, 3.8) is 0 Å². The van der Waals surface area contributed by atoms with Gasteiger partial charge in [0, 0.05) is 75.8 Å². The van der Waals surface area contributed by atoms with Gasteiger partial charge in [-0.3, -0.25) is 23.6 Å². The fourth-order valence-electron chi connectivity index (χ4n) is 11.3. The number of ether oxygens (including phenoxy) is 3. The molecule has 0 saturated carbocycles. The lowest BCUT2D eigenvalue weighted by Gasteiger charge is -2.28. The van der Waals surface area contributed by atoms with Crippen molar-refractivity contribution in [1.82, 2.24) is 69.4 Å². The van der Waals surface area contributed by atoms with Crippen LogP contribution in [0.4, 0.5) is 30.6 Å². The van der Waals surface area contributed by atoms with Gasteiger partial charge in [0.1, 0.15) is 58.6 Å². The van der Waals surface area contributed by atoms with Crippen LogP contribution in [-0.4, -0.2) is 97.0 Å². The normalized spacial score (nSPS) is 16.9. The van der Waals surface area contributed by atoms with Crippen molar-refractivity contribution in [2.24, 2.45) is 0 Å². The first-order valence-electron chi connectivity index (χ1n) is 29.0. The standard InChI is InChI=1S/C21H19BrFN7O2.C21H18FN7O2.C13H11BrFIN2O.C8H10N4/c1-11(32-20-19(25)26-10-18(22)27-20)15-7-12(23)3-4-14(15)21(31)29(2)16-5-6-30-17(16)8-13(9-24)28-30;1-10-13-7-11(22)3-4-12(13)21(30)28(2)16-5-6-29-18(16)17(14(8-23)27-29)15-9-25-19(24)20(26-15)31-10;1-7(10-5-9(15)2-3-11(10)16)19-12-4-8(14)6-18-13(12)17;1-10-7-2-3-12-8(7)4-6(5-9)11-12/h3-4,7-8,10-11,16H,5-6H2,1-2H3,(H2,25,26);3-4,7,9-10,16H,5-6H2,1-2H3,(H2,24,25);2-7H,1H3,(H2,17,18);4,7,10H,2-3H2,1H3/t11-,16?;10-,16?;7-;/m111./s1. The average Bonchev–Trinajstić information content (AvgIpc) is 1.57. The molecular weight excluding hydrogens is 1460 g/mol. The van der Waals surface area contributed by atoms with Crippen LogP contribution in [0, 0.1) is 55.0 Å². The third-order valence-electron chi connectivity index (χ3n) is 16.0. The summed E-state index contributed by atoms with van der Waals surface area (Å²) in [6.07, 6.45) is 5.08. The van der Waals surface area contributed by atoms with Gasteiger partial charge in [-0.25, -0.2) is 38.1 Å². The number of carbonyl (C=O) groups excluding carboxylic acids is 2. The molecular formula is C63H58Br2F3IN20O5. The van der Waals surface area contributed by atoms with Crippen molar-refractivity contribution in [3.8, 4) is 47.0 Å². The van der Waals surface area contributed by atoms with Gasteiger partial charge in [0.2, 0.25) is 0 Å². The first-order chi connectivity index (χ1) is 45.0. The predicted octanol–water partition coefficient (Wildman–Crippen LogP) is 10.7. The van der Waals surface area contributed by atoms with Crippen LogP contribution in [0.15, 0.2) is 100 Å². The van der Waals surface area contributed by atoms with E-state index in [9.17, 15) is 28.0 Å². The first kappa shape index (κ1) is 67.1. The highest BCUT2D eigenvalue weighted by Gasteiger charge is 2.38. The Morgan fingerprint density at radius 2 is 1.39 bits per heavy atom. The molecule has 6 atom stereocenters. The molecule has 9 aromatic rings. The minimum atomic E-state index is -0.733. The Morgan fingerprint density at radius 3 is 2.11 bits per heavy atom. The molecule has 94 heavy (non-hydrogen) atoms. The minimum Gasteiger partial charge on any atom is -0.482 e. The van der Waals surface area contributed by atoms with Crippen LogP contribution in [0.1, 0.15) is 148 Å². The quantitative estimate of drug-likeness (QED) is 0.0975. The van der Waals surface area contributed by atoms with E-state index in [0.717, 1.165) is 38.0 Å². The Bertz CT molecular complexity index is 4530. The smallest absolute Gasteiger partial charge is 0.258 e. The lowest BCUT2D eigenvalue weighted by molar-refractivity contribution is 0.0718. The van der Waals surface area contributed by atoms with E-state index in [-0.39, 0.29) is 64.9 Å². The number of nitrogens with two attached hydrogens (primary N) is 3. The Hall–Kier alpha value is -9.75. The summed E-state index contributed by atoms with van der Waals surface area (Å²) in [7, 11) is 5.30. The number of pyridine rings is 1. The number of halogens is 6. The highest BCUT2D eigenvalue weighted by Crippen LogP contribution is 2.42. The summed E-state index contributed by atoms with van der Waals surface area (Å²) in [6, 6.07) is 23.8. The monoisotopic (exact) mass is 1520 g/mol. The molecule has 3 aromatic carbocycles. The third kappa shape index (κ3) is 14.2. The molecule has 3 unspecified atom stereocenters. The molecule has 31 heteroatoms. The predicted molar refractivity (Wildman–Crippen MR) is 351 cm³/mol. The zero-order chi connectivity index (χ0) is 67.4. The Morgan fingerprint density at radius 1 is 0.766 bits per heavy atom. The summed E-state index contributed by atoms with van der Waals surface area (Å²) < 4.78 is 66.5. The highest BCUT2D eigenvalue weighted by atomic mass is 127. The summed E-state index contributed by atoms with van der Waals surface area (Å²) in [5.41, 5.74) is 24.2. The van der Waals surface area contributed by atoms with E-state index in [4.69, 9.17) is 41.9 Å². The number of fused-ring (bicyclic) bond motifs is 6. The number of amides is 2. The number of nitrogens with zero attached hydrogens (tertiary/aromatic N) is 16. The number of benzene rings is 3. The maximum atomic E-state index is 14.1. The lowest BCUT2D eigenvalue weighted by atomic mass is 9.99. The van der Waals surface area contributed by atoms with Gasteiger partial charge >= 0.3 is 0 Å². The van der Waals surface area contributed by atoms with Gasteiger partial charge < -0.3 is 46.5 Å². The van der Waals surface area contributed by atoms with Crippen LogP contribution < -0.4 is 36.7 Å². The molecule has 0 fully saturated rings. The zero-order valence-electron chi connectivity index (χ0n) is 51.1. The summed E-state index contributed by atoms with van der Waals surface area (Å²) in [5, 5.41) is 43.3. The molecule has 0 radical (unpaired) electrons. The molecule has 4 aliphatic rings. The molecule has 0 aliphatic carbocycles. The van der Waals surface area contributed by atoms with Crippen molar-refractivity contribution in [3.05, 3.63) is 183 Å². The van der Waals surface area contributed by atoms with Crippen LogP contribution in [0.25, 0.3) is 11.3 Å². The van der Waals surface area contributed by atoms with E-state index in [0.29, 0.717) is 98.7 Å². The Balaban J connectivity index is 0.000000145. The van der Waals surface area contributed by atoms with Gasteiger partial charge in [0.05, 0.1) is 58.9 Å². The molecule has 2 amide bonds. The van der Waals surface area contributed by atoms with E-state index in [1.54, 1.807) is 71.5 Å². The summed E-state index contributed by atoms with van der Waals surface area (Å²) >= 11 is 8.67. The number of hydrogen-bond donors (Lipinski definition) is 4. The molecule has 2 bridgehead atoms. The van der Waals surface area contributed by atoms with Crippen LogP contribution in [-0.2, 0) is 19.6 Å². The second-order valence-corrected chi connectivity index (χ2v) is 24.8. The van der Waals surface area contributed by atoms with Gasteiger partial charge in [0.15, 0.2) is 40.3 Å². The SMILES string of the molecule is CNC1CCn2nc(C#N)cc21.C[C@@H](Oc1cc(Br)cnc1N)c1cc(F)ccc1I.C[C@@H](Oc1nc(Br)cnc1N)c1cc(F)ccc1C(=O)N(C)C1CCn2nc(C#N)cc21.C[C@H]1Oc2nc(cnc2N)-c2c(C#N)nn3c2C(CC3)N(C)C(=O)c2ccc(F)cc21. The van der Waals surface area contributed by atoms with Crippen LogP contribution in [0.3, 0.4) is 0 Å². The first-order valence-corrected chi connectivity index (χ1v) is 31.7. The van der Waals surface area contributed by atoms with E-state index in [1.807, 2.05) is 36.9 Å². The topological polar surface area (TPSA) is 348 Å². The Labute approximate surface area is 567 Å². The lowest BCUT2D eigenvalue weighted by Crippen LogP contribution is -2.32. The van der Waals surface area contributed by atoms with E-state index in [2.05, 4.69) is 106 Å². The zero-order valence-corrected chi connectivity index (χ0v) is 56.4. The fourth-order valence-corrected chi connectivity index (χ4v) is 12.7. The van der Waals surface area contributed by atoms with Crippen LogP contribution >= 0.6 is 54.5 Å². The molecule has 10 heterocycles. The summed E-state index contributed by atoms with van der Waals surface area (Å²) in [6.45, 7) is 7.28. The molecule has 6 aromatic heterocycles. The number of nitriles is 3. The summed E-state index contributed by atoms with van der Waals surface area (Å²) in [4.78, 5) is 50.9. The summed E-state index contributed by atoms with van der Waals surface area (Å²) in [5.74, 6) is -0.826. The number of nitrogens with one attached hydrogen (secondary N) is 1. The molecule has 4 aliphatic heterocycles. The van der Waals surface area contributed by atoms with Crippen LogP contribution in [0.5, 0.6) is 17.5 Å². The van der Waals surface area contributed by atoms with Crippen molar-refractivity contribution in [2.75, 3.05) is 38.3 Å². The molecule has 482 valence electrons. The average molecular weight is 1520 g/mol. The highest BCUT2D eigenvalue weighted by molar-refractivity contribution is 14.1. The molecule has 13 rings (SSSR count). The van der Waals surface area contributed by atoms with E-state index < -0.39 is 23.8 Å². The molecule has 0 spiro atoms. The number of hydrogen-bond acceptors (Lipinski definition) is 20. The molecule has 0 saturated heterocycles. The van der Waals surface area contributed by atoms with Crippen LogP contribution in [0.2, 0.25) is 0 Å². The minimum absolute atomic E-state index is 0.0416. The van der Waals surface area contributed by atoms with E-state index in [1.165, 1.54) is 60.9 Å². The number of nitrogen functional groups attached to an aromatic ring is 3. The van der Waals surface area contributed by atoms with Gasteiger partial charge in [-0.15, -0.1) is 0 Å². The number of aromatic nitrogens is 11. The number of rotatable bonds is 9. The van der Waals surface area contributed by atoms with Crippen molar-refractivity contribution in [2.45, 2.75) is 96.1 Å². The maximum absolute atomic E-state index is 14.1. The maximum Gasteiger partial charge on any atom is 0.258 e. The Kier molecular flexibility index (Phi) is 20.5. The van der Waals surface area contributed by atoms with Crippen molar-refractivity contribution >= 4 is 83.7 Å². The third-order valence-corrected chi connectivity index (χ3v) is 17.8. The largest absolute Gasteiger partial charge is 0.482 e. The van der Waals surface area contributed by atoms with Gasteiger partial charge in [-0.1, -0.05) is 0 Å². The number of aryl methyl sites for hydroxylation is 3. The molecule has 7 N–H and O–H groups in total. The number of carbonyl (C=O) groups is 2. The fraction of sp³-hybridized carbons (Fsp3) is 0.286.